The van der Waals surface area contributed by atoms with E-state index < -0.39 is 0 Å². The Morgan fingerprint density at radius 2 is 2.07 bits per heavy atom. The van der Waals surface area contributed by atoms with Crippen LogP contribution in [0.1, 0.15) is 38.7 Å². The van der Waals surface area contributed by atoms with Crippen LogP contribution in [0.25, 0.3) is 0 Å². The molecule has 1 spiro atoms. The zero-order valence-corrected chi connectivity index (χ0v) is 16.9. The van der Waals surface area contributed by atoms with Crippen LogP contribution in [0.4, 0.5) is 15.8 Å². The third-order valence-corrected chi connectivity index (χ3v) is 7.75. The number of benzene rings is 1. The number of nitriles is 1. The molecule has 5 rings (SSSR count). The van der Waals surface area contributed by atoms with Crippen LogP contribution in [0.15, 0.2) is 17.1 Å². The second-order valence-corrected chi connectivity index (χ2v) is 9.87. The lowest BCUT2D eigenvalue weighted by atomic mass is 9.84. The van der Waals surface area contributed by atoms with Crippen molar-refractivity contribution in [3.05, 3.63) is 23.5 Å². The molecule has 1 aromatic carbocycles. The van der Waals surface area contributed by atoms with Gasteiger partial charge in [-0.25, -0.2) is 8.87 Å². The number of hydrogen-bond donors (Lipinski definition) is 1. The summed E-state index contributed by atoms with van der Waals surface area (Å²) >= 11 is 0. The zero-order chi connectivity index (χ0) is 19.7. The van der Waals surface area contributed by atoms with Crippen molar-refractivity contribution < 1.29 is 9.13 Å². The number of nitrogens with one attached hydrogen (secondary N) is 1. The van der Waals surface area contributed by atoms with E-state index in [4.69, 9.17) is 9.73 Å². The lowest BCUT2D eigenvalue weighted by Crippen LogP contribution is -2.62. The normalized spacial score (nSPS) is 34.8. The zero-order valence-electron chi connectivity index (χ0n) is 16.9. The minimum absolute atomic E-state index is 0.0492. The van der Waals surface area contributed by atoms with Crippen LogP contribution in [0.5, 0.6) is 0 Å². The Labute approximate surface area is 165 Å². The molecule has 0 aromatic heterocycles. The summed E-state index contributed by atoms with van der Waals surface area (Å²) in [5.74, 6) is 1.08. The Morgan fingerprint density at radius 1 is 1.32 bits per heavy atom. The molecule has 3 heterocycles. The van der Waals surface area contributed by atoms with Gasteiger partial charge < -0.3 is 10.1 Å². The molecule has 0 radical (unpaired) electrons. The fourth-order valence-corrected chi connectivity index (χ4v) is 5.98. The SMILES string of the molecule is CC1(C)COC[C@H]1[N+]1(C)C([C@@H]2CC23CCNCC3)=Nc2c(F)cc(C#N)cc21. The maximum Gasteiger partial charge on any atom is 0.212 e. The number of rotatable bonds is 2. The van der Waals surface area contributed by atoms with Gasteiger partial charge in [0, 0.05) is 11.5 Å². The first-order chi connectivity index (χ1) is 13.3. The van der Waals surface area contributed by atoms with Gasteiger partial charge in [-0.3, -0.25) is 0 Å². The van der Waals surface area contributed by atoms with Crippen molar-refractivity contribution in [2.75, 3.05) is 33.4 Å². The molecule has 3 fully saturated rings. The molecule has 3 aliphatic heterocycles. The first-order valence-corrected chi connectivity index (χ1v) is 10.3. The molecular formula is C22H28FN4O+. The van der Waals surface area contributed by atoms with Gasteiger partial charge in [0.1, 0.15) is 12.6 Å². The Balaban J connectivity index is 1.65. The molecule has 4 aliphatic rings. The molecule has 1 aromatic rings. The van der Waals surface area contributed by atoms with Crippen LogP contribution in [0.3, 0.4) is 0 Å². The predicted molar refractivity (Wildman–Crippen MR) is 107 cm³/mol. The highest BCUT2D eigenvalue weighted by Gasteiger charge is 2.66. The number of amidine groups is 1. The summed E-state index contributed by atoms with van der Waals surface area (Å²) in [5, 5.41) is 12.9. The van der Waals surface area contributed by atoms with Crippen LogP contribution in [0, 0.1) is 33.9 Å². The van der Waals surface area contributed by atoms with Crippen LogP contribution in [-0.4, -0.2) is 45.2 Å². The number of piperidine rings is 1. The summed E-state index contributed by atoms with van der Waals surface area (Å²) in [4.78, 5) is 4.93. The van der Waals surface area contributed by atoms with Crippen LogP contribution in [0.2, 0.25) is 0 Å². The third kappa shape index (κ3) is 2.36. The Kier molecular flexibility index (Phi) is 3.81. The number of quaternary nitrogens is 1. The minimum atomic E-state index is -0.384. The van der Waals surface area contributed by atoms with Gasteiger partial charge in [0.25, 0.3) is 0 Å². The molecule has 148 valence electrons. The number of hydrogen-bond acceptors (Lipinski definition) is 4. The van der Waals surface area contributed by atoms with Gasteiger partial charge in [0.05, 0.1) is 31.2 Å². The minimum Gasteiger partial charge on any atom is -0.374 e. The number of likely N-dealkylation sites (N-methyl/N-ethyl adjacent to an activating group) is 1. The molecule has 1 N–H and O–H groups in total. The van der Waals surface area contributed by atoms with E-state index in [-0.39, 0.29) is 17.3 Å². The summed E-state index contributed by atoms with van der Waals surface area (Å²) in [7, 11) is 2.17. The summed E-state index contributed by atoms with van der Waals surface area (Å²) in [6.07, 6.45) is 3.45. The van der Waals surface area contributed by atoms with Gasteiger partial charge in [-0.1, -0.05) is 13.8 Å². The summed E-state index contributed by atoms with van der Waals surface area (Å²) < 4.78 is 21.3. The van der Waals surface area contributed by atoms with Gasteiger partial charge in [-0.15, -0.1) is 0 Å². The van der Waals surface area contributed by atoms with Gasteiger partial charge in [0.2, 0.25) is 5.84 Å². The quantitative estimate of drug-likeness (QED) is 0.796. The second-order valence-electron chi connectivity index (χ2n) is 9.87. The third-order valence-electron chi connectivity index (χ3n) is 7.75. The van der Waals surface area contributed by atoms with Crippen molar-refractivity contribution >= 4 is 17.2 Å². The van der Waals surface area contributed by atoms with Crippen molar-refractivity contribution in [1.29, 1.82) is 5.26 Å². The number of aliphatic imine (C=N–C) groups is 1. The highest BCUT2D eigenvalue weighted by molar-refractivity contribution is 6.06. The lowest BCUT2D eigenvalue weighted by Gasteiger charge is -2.42. The predicted octanol–water partition coefficient (Wildman–Crippen LogP) is 3.49. The van der Waals surface area contributed by atoms with E-state index in [1.165, 1.54) is 6.07 Å². The summed E-state index contributed by atoms with van der Waals surface area (Å²) in [5.41, 5.74) is 1.87. The maximum absolute atomic E-state index is 14.9. The van der Waals surface area contributed by atoms with E-state index in [9.17, 15) is 9.65 Å². The van der Waals surface area contributed by atoms with Crippen molar-refractivity contribution in [1.82, 2.24) is 9.80 Å². The first-order valence-electron chi connectivity index (χ1n) is 10.3. The Morgan fingerprint density at radius 3 is 2.71 bits per heavy atom. The fourth-order valence-electron chi connectivity index (χ4n) is 5.98. The lowest BCUT2D eigenvalue weighted by molar-refractivity contribution is 0.166. The standard InChI is InChI=1S/C22H28FN4O/c1-21(2)13-28-12-18(21)27(3)17-9-14(11-24)8-16(23)19(17)26-20(27)15-10-22(15)4-6-25-7-5-22/h8-9,15,18,25H,4-7,10,12-13H2,1-3H3/q+1/t15-,18+,27?/m0/s1. The number of halogens is 1. The monoisotopic (exact) mass is 383 g/mol. The van der Waals surface area contributed by atoms with E-state index in [2.05, 4.69) is 32.3 Å². The summed E-state index contributed by atoms with van der Waals surface area (Å²) in [6.45, 7) is 7.86. The highest BCUT2D eigenvalue weighted by Crippen LogP contribution is 2.63. The van der Waals surface area contributed by atoms with E-state index in [1.54, 1.807) is 0 Å². The Hall–Kier alpha value is -1.81. The number of fused-ring (bicyclic) bond motifs is 1. The van der Waals surface area contributed by atoms with Gasteiger partial charge in [-0.05, 0) is 43.8 Å². The van der Waals surface area contributed by atoms with Gasteiger partial charge >= 0.3 is 0 Å². The molecule has 1 unspecified atom stereocenters. The fraction of sp³-hybridized carbons (Fsp3) is 0.636. The molecule has 3 atom stereocenters. The molecule has 6 heteroatoms. The van der Waals surface area contributed by atoms with E-state index in [1.807, 2.05) is 6.07 Å². The van der Waals surface area contributed by atoms with Gasteiger partial charge in [-0.2, -0.15) is 10.3 Å². The maximum atomic E-state index is 14.9. The molecule has 28 heavy (non-hydrogen) atoms. The van der Waals surface area contributed by atoms with E-state index in [0.29, 0.717) is 40.3 Å². The summed E-state index contributed by atoms with van der Waals surface area (Å²) in [6, 6.07) is 5.44. The molecule has 0 bridgehead atoms. The topological polar surface area (TPSA) is 57.4 Å². The van der Waals surface area contributed by atoms with Gasteiger partial charge in [0.15, 0.2) is 17.2 Å². The van der Waals surface area contributed by atoms with Crippen LogP contribution < -0.4 is 9.80 Å². The number of nitrogens with zero attached hydrogens (tertiary/aromatic N) is 3. The largest absolute Gasteiger partial charge is 0.374 e. The van der Waals surface area contributed by atoms with E-state index in [0.717, 1.165) is 43.9 Å². The molecule has 5 nitrogen and oxygen atoms in total. The van der Waals surface area contributed by atoms with Crippen molar-refractivity contribution in [3.63, 3.8) is 0 Å². The van der Waals surface area contributed by atoms with E-state index >= 15 is 0 Å². The van der Waals surface area contributed by atoms with Crippen LogP contribution >= 0.6 is 0 Å². The average Bonchev–Trinajstić information content (AvgIpc) is 3.05. The molecule has 1 saturated carbocycles. The molecule has 1 aliphatic carbocycles. The molecule has 2 saturated heterocycles. The number of ether oxygens (including phenoxy) is 1. The Bertz CT molecular complexity index is 912. The first kappa shape index (κ1) is 18.2. The average molecular weight is 383 g/mol. The molecule has 0 amide bonds. The second kappa shape index (κ2) is 5.85. The highest BCUT2D eigenvalue weighted by atomic mass is 19.1. The van der Waals surface area contributed by atoms with Crippen molar-refractivity contribution in [2.45, 2.75) is 39.2 Å². The molecular weight excluding hydrogens is 355 g/mol. The van der Waals surface area contributed by atoms with Crippen molar-refractivity contribution in [2.24, 2.45) is 21.7 Å². The van der Waals surface area contributed by atoms with Crippen molar-refractivity contribution in [3.8, 4) is 6.07 Å². The van der Waals surface area contributed by atoms with Crippen LogP contribution in [-0.2, 0) is 4.74 Å². The smallest absolute Gasteiger partial charge is 0.212 e.